The molecule has 0 aliphatic carbocycles. The van der Waals surface area contributed by atoms with E-state index in [1.165, 1.54) is 76.5 Å². The molecular formula is C51H31NO. The Morgan fingerprint density at radius 3 is 1.36 bits per heavy atom. The molecule has 246 valence electrons. The number of hydrogen-bond donors (Lipinski definition) is 0. The maximum atomic E-state index is 6.67. The molecule has 11 rings (SSSR count). The van der Waals surface area contributed by atoms with Gasteiger partial charge in [-0.1, -0.05) is 152 Å². The van der Waals surface area contributed by atoms with Crippen LogP contribution < -0.4 is 0 Å². The summed E-state index contributed by atoms with van der Waals surface area (Å²) >= 11 is 0. The second kappa shape index (κ2) is 11.8. The Labute approximate surface area is 306 Å². The van der Waals surface area contributed by atoms with Gasteiger partial charge in [0.15, 0.2) is 0 Å². The maximum absolute atomic E-state index is 6.67. The minimum Gasteiger partial charge on any atom is -0.456 e. The Morgan fingerprint density at radius 1 is 0.321 bits per heavy atom. The molecule has 0 saturated heterocycles. The Balaban J connectivity index is 1.23. The van der Waals surface area contributed by atoms with Crippen molar-refractivity contribution < 1.29 is 4.42 Å². The van der Waals surface area contributed by atoms with E-state index in [2.05, 4.69) is 175 Å². The van der Waals surface area contributed by atoms with E-state index in [9.17, 15) is 0 Å². The van der Waals surface area contributed by atoms with Crippen LogP contribution in [0.1, 0.15) is 0 Å². The Kier molecular flexibility index (Phi) is 6.59. The van der Waals surface area contributed by atoms with E-state index in [1.807, 2.05) is 18.5 Å². The summed E-state index contributed by atoms with van der Waals surface area (Å²) in [5.74, 6) is 0. The van der Waals surface area contributed by atoms with Crippen molar-refractivity contribution >= 4 is 65.0 Å². The lowest BCUT2D eigenvalue weighted by molar-refractivity contribution is 0.669. The molecule has 0 radical (unpaired) electrons. The smallest absolute Gasteiger partial charge is 0.136 e. The first-order valence-corrected chi connectivity index (χ1v) is 18.1. The minimum atomic E-state index is 0.881. The Bertz CT molecular complexity index is 3100. The van der Waals surface area contributed by atoms with Gasteiger partial charge >= 0.3 is 0 Å². The predicted octanol–water partition coefficient (Wildman–Crippen LogP) is 14.3. The topological polar surface area (TPSA) is 26.0 Å². The van der Waals surface area contributed by atoms with Crippen molar-refractivity contribution in [3.8, 4) is 44.5 Å². The summed E-state index contributed by atoms with van der Waals surface area (Å²) in [6, 6.07) is 63.5. The van der Waals surface area contributed by atoms with Crippen LogP contribution in [0.4, 0.5) is 0 Å². The van der Waals surface area contributed by atoms with Gasteiger partial charge in [0.25, 0.3) is 0 Å². The summed E-state index contributed by atoms with van der Waals surface area (Å²) in [5, 5.41) is 12.0. The van der Waals surface area contributed by atoms with Crippen LogP contribution in [0.15, 0.2) is 193 Å². The van der Waals surface area contributed by atoms with Gasteiger partial charge in [-0.25, -0.2) is 0 Å². The fraction of sp³-hybridized carbons (Fsp3) is 0. The van der Waals surface area contributed by atoms with Gasteiger partial charge in [-0.15, -0.1) is 0 Å². The third kappa shape index (κ3) is 4.49. The van der Waals surface area contributed by atoms with E-state index in [4.69, 9.17) is 4.42 Å². The van der Waals surface area contributed by atoms with E-state index >= 15 is 0 Å². The van der Waals surface area contributed by atoms with Gasteiger partial charge in [0.2, 0.25) is 0 Å². The number of fused-ring (bicyclic) bond motifs is 7. The highest BCUT2D eigenvalue weighted by molar-refractivity contribution is 6.27. The van der Waals surface area contributed by atoms with Crippen molar-refractivity contribution in [1.82, 2.24) is 4.98 Å². The largest absolute Gasteiger partial charge is 0.456 e. The number of furan rings is 1. The van der Waals surface area contributed by atoms with E-state index in [-0.39, 0.29) is 0 Å². The Hall–Kier alpha value is -7.03. The zero-order valence-corrected chi connectivity index (χ0v) is 28.8. The number of hydrogen-bond acceptors (Lipinski definition) is 2. The molecule has 0 amide bonds. The third-order valence-corrected chi connectivity index (χ3v) is 10.9. The summed E-state index contributed by atoms with van der Waals surface area (Å²) in [4.78, 5) is 4.50. The van der Waals surface area contributed by atoms with Gasteiger partial charge in [-0.2, -0.15) is 0 Å². The molecule has 9 aromatic carbocycles. The fourth-order valence-electron chi connectivity index (χ4n) is 8.79. The molecule has 0 unspecified atom stereocenters. The number of benzene rings is 9. The third-order valence-electron chi connectivity index (χ3n) is 10.9. The van der Waals surface area contributed by atoms with E-state index in [1.54, 1.807) is 0 Å². The van der Waals surface area contributed by atoms with Gasteiger partial charge in [0.1, 0.15) is 11.2 Å². The average Bonchev–Trinajstić information content (AvgIpc) is 3.61. The Morgan fingerprint density at radius 2 is 0.811 bits per heavy atom. The zero-order chi connectivity index (χ0) is 34.9. The van der Waals surface area contributed by atoms with E-state index in [0.717, 1.165) is 33.1 Å². The van der Waals surface area contributed by atoms with Crippen molar-refractivity contribution in [2.75, 3.05) is 0 Å². The van der Waals surface area contributed by atoms with Crippen molar-refractivity contribution in [1.29, 1.82) is 0 Å². The number of rotatable bonds is 4. The summed E-state index contributed by atoms with van der Waals surface area (Å²) in [6.45, 7) is 0. The zero-order valence-electron chi connectivity index (χ0n) is 28.8. The molecule has 0 fully saturated rings. The maximum Gasteiger partial charge on any atom is 0.136 e. The summed E-state index contributed by atoms with van der Waals surface area (Å²) in [5.41, 5.74) is 11.4. The van der Waals surface area contributed by atoms with Crippen LogP contribution in [-0.4, -0.2) is 4.98 Å². The molecule has 0 spiro atoms. The van der Waals surface area contributed by atoms with Crippen LogP contribution in [-0.2, 0) is 0 Å². The van der Waals surface area contributed by atoms with Crippen LogP contribution in [0, 0.1) is 0 Å². The van der Waals surface area contributed by atoms with E-state index in [0.29, 0.717) is 0 Å². The first kappa shape index (κ1) is 29.7. The highest BCUT2D eigenvalue weighted by atomic mass is 16.3. The molecule has 0 aliphatic rings. The first-order valence-electron chi connectivity index (χ1n) is 18.1. The molecule has 0 bridgehead atoms. The number of nitrogens with zero attached hydrogens (tertiary/aromatic N) is 1. The molecule has 0 atom stereocenters. The van der Waals surface area contributed by atoms with Gasteiger partial charge < -0.3 is 4.42 Å². The fourth-order valence-corrected chi connectivity index (χ4v) is 8.79. The molecule has 53 heavy (non-hydrogen) atoms. The van der Waals surface area contributed by atoms with Crippen LogP contribution in [0.5, 0.6) is 0 Å². The lowest BCUT2D eigenvalue weighted by Crippen LogP contribution is -1.92. The SMILES string of the molecule is c1ccc(-c2c3ccccc3c(-c3ccc4oc5cccc(-c6c7ccccc7c(-c7cccnc7)c7ccccc67)c5c4c3)c3ccccc23)cc1. The van der Waals surface area contributed by atoms with Crippen LogP contribution >= 0.6 is 0 Å². The summed E-state index contributed by atoms with van der Waals surface area (Å²) < 4.78 is 6.67. The lowest BCUT2D eigenvalue weighted by Gasteiger charge is -2.18. The van der Waals surface area contributed by atoms with Crippen molar-refractivity contribution in [2.24, 2.45) is 0 Å². The molecule has 2 nitrogen and oxygen atoms in total. The molecule has 2 heterocycles. The predicted molar refractivity (Wildman–Crippen MR) is 223 cm³/mol. The van der Waals surface area contributed by atoms with Crippen molar-refractivity contribution in [3.05, 3.63) is 188 Å². The van der Waals surface area contributed by atoms with Crippen molar-refractivity contribution in [3.63, 3.8) is 0 Å². The van der Waals surface area contributed by atoms with Crippen LogP contribution in [0.3, 0.4) is 0 Å². The highest BCUT2D eigenvalue weighted by Gasteiger charge is 2.22. The molecule has 0 saturated carbocycles. The quantitative estimate of drug-likeness (QED) is 0.174. The number of aromatic nitrogens is 1. The summed E-state index contributed by atoms with van der Waals surface area (Å²) in [6.07, 6.45) is 3.81. The van der Waals surface area contributed by atoms with Crippen LogP contribution in [0.25, 0.3) is 110 Å². The monoisotopic (exact) mass is 673 g/mol. The molecule has 11 aromatic rings. The molecule has 0 N–H and O–H groups in total. The van der Waals surface area contributed by atoms with Crippen molar-refractivity contribution in [2.45, 2.75) is 0 Å². The van der Waals surface area contributed by atoms with Gasteiger partial charge in [0, 0.05) is 28.7 Å². The molecule has 0 aliphatic heterocycles. The molecular weight excluding hydrogens is 643 g/mol. The van der Waals surface area contributed by atoms with Gasteiger partial charge in [-0.3, -0.25) is 4.98 Å². The van der Waals surface area contributed by atoms with E-state index < -0.39 is 0 Å². The minimum absolute atomic E-state index is 0.881. The standard InChI is InChI=1S/C51H31NO/c1-2-14-32(15-3-1)47-35-17-4-6-19-37(35)48(38-20-7-5-18-36(38)47)33-27-28-45-44(30-33)51-43(25-12-26-46(51)53-45)50-41-23-10-8-21-39(41)49(34-16-13-29-52-31-34)40-22-9-11-24-42(40)50/h1-31H. The van der Waals surface area contributed by atoms with Gasteiger partial charge in [0.05, 0.1) is 0 Å². The molecule has 2 heteroatoms. The first-order chi connectivity index (χ1) is 26.3. The highest BCUT2D eigenvalue weighted by Crippen LogP contribution is 2.48. The normalized spacial score (nSPS) is 11.8. The average molecular weight is 674 g/mol. The van der Waals surface area contributed by atoms with Gasteiger partial charge in [-0.05, 0) is 106 Å². The second-order valence-electron chi connectivity index (χ2n) is 13.8. The number of pyridine rings is 1. The second-order valence-corrected chi connectivity index (χ2v) is 13.8. The van der Waals surface area contributed by atoms with Crippen LogP contribution in [0.2, 0.25) is 0 Å². The molecule has 2 aromatic heterocycles. The lowest BCUT2D eigenvalue weighted by atomic mass is 9.84. The summed E-state index contributed by atoms with van der Waals surface area (Å²) in [7, 11) is 0.